The number of methoxy groups -OCH3 is 1. The molecular formula is C21H24N2O5. The molecule has 2 unspecified atom stereocenters. The van der Waals surface area contributed by atoms with Gasteiger partial charge in [-0.25, -0.2) is 9.78 Å². The fourth-order valence-electron chi connectivity index (χ4n) is 3.31. The lowest BCUT2D eigenvalue weighted by Crippen LogP contribution is -2.42. The van der Waals surface area contributed by atoms with E-state index in [1.807, 2.05) is 37.3 Å². The minimum atomic E-state index is -0.895. The van der Waals surface area contributed by atoms with E-state index in [0.29, 0.717) is 0 Å². The summed E-state index contributed by atoms with van der Waals surface area (Å²) in [5.74, 6) is -1.47. The van der Waals surface area contributed by atoms with Crippen molar-refractivity contribution in [1.82, 2.24) is 10.3 Å². The quantitative estimate of drug-likeness (QED) is 0.712. The molecule has 3 rings (SSSR count). The van der Waals surface area contributed by atoms with Crippen LogP contribution < -0.4 is 10.1 Å². The van der Waals surface area contributed by atoms with Crippen LogP contribution in [0.25, 0.3) is 0 Å². The summed E-state index contributed by atoms with van der Waals surface area (Å²) in [6, 6.07) is 10.5. The van der Waals surface area contributed by atoms with Gasteiger partial charge in [0, 0.05) is 17.7 Å². The minimum Gasteiger partial charge on any atom is -0.503 e. The summed E-state index contributed by atoms with van der Waals surface area (Å²) in [7, 11) is 1.37. The second-order valence-electron chi connectivity index (χ2n) is 7.01. The molecule has 0 bridgehead atoms. The van der Waals surface area contributed by atoms with Gasteiger partial charge in [-0.05, 0) is 32.3 Å². The van der Waals surface area contributed by atoms with Crippen molar-refractivity contribution in [2.24, 2.45) is 0 Å². The number of aromatic nitrogens is 1. The predicted octanol–water partition coefficient (Wildman–Crippen LogP) is 2.58. The first-order valence-electron chi connectivity index (χ1n) is 9.18. The molecule has 7 nitrogen and oxygen atoms in total. The van der Waals surface area contributed by atoms with Gasteiger partial charge >= 0.3 is 5.97 Å². The fraction of sp³-hybridized carbons (Fsp3) is 0.381. The molecular weight excluding hydrogens is 360 g/mol. The highest BCUT2D eigenvalue weighted by molar-refractivity contribution is 5.97. The molecule has 2 atom stereocenters. The molecule has 7 heteroatoms. The molecule has 2 aromatic rings. The first-order chi connectivity index (χ1) is 13.4. The van der Waals surface area contributed by atoms with Crippen molar-refractivity contribution < 1.29 is 24.2 Å². The van der Waals surface area contributed by atoms with E-state index in [9.17, 15) is 14.7 Å². The molecule has 28 heavy (non-hydrogen) atoms. The lowest BCUT2D eigenvalue weighted by Gasteiger charge is -2.25. The van der Waals surface area contributed by atoms with Crippen molar-refractivity contribution in [3.05, 3.63) is 53.9 Å². The maximum Gasteiger partial charge on any atom is 0.328 e. The number of nitrogens with one attached hydrogen (secondary N) is 1. The first kappa shape index (κ1) is 19.7. The molecule has 1 amide bonds. The number of pyridine rings is 1. The molecule has 0 saturated heterocycles. The van der Waals surface area contributed by atoms with Crippen LogP contribution in [-0.2, 0) is 14.9 Å². The highest BCUT2D eigenvalue weighted by Crippen LogP contribution is 2.51. The lowest BCUT2D eigenvalue weighted by molar-refractivity contribution is -0.151. The number of benzene rings is 1. The molecule has 1 aromatic carbocycles. The van der Waals surface area contributed by atoms with E-state index in [4.69, 9.17) is 9.47 Å². The molecule has 1 heterocycles. The van der Waals surface area contributed by atoms with Crippen LogP contribution in [0.2, 0.25) is 0 Å². The summed E-state index contributed by atoms with van der Waals surface area (Å²) >= 11 is 0. The van der Waals surface area contributed by atoms with Gasteiger partial charge in [-0.15, -0.1) is 0 Å². The van der Waals surface area contributed by atoms with Crippen LogP contribution in [-0.4, -0.2) is 41.2 Å². The van der Waals surface area contributed by atoms with E-state index < -0.39 is 17.9 Å². The van der Waals surface area contributed by atoms with Crippen LogP contribution in [0.1, 0.15) is 42.7 Å². The summed E-state index contributed by atoms with van der Waals surface area (Å²) in [5.41, 5.74) is 0.778. The first-order valence-corrected chi connectivity index (χ1v) is 9.18. The average Bonchev–Trinajstić information content (AvgIpc) is 3.50. The summed E-state index contributed by atoms with van der Waals surface area (Å²) in [5, 5.41) is 12.5. The summed E-state index contributed by atoms with van der Waals surface area (Å²) in [4.78, 5) is 28.7. The molecule has 1 aromatic heterocycles. The van der Waals surface area contributed by atoms with Crippen LogP contribution in [0, 0.1) is 0 Å². The molecule has 1 saturated carbocycles. The van der Waals surface area contributed by atoms with E-state index in [1.165, 1.54) is 26.3 Å². The van der Waals surface area contributed by atoms with Gasteiger partial charge in [0.2, 0.25) is 0 Å². The molecule has 1 fully saturated rings. The number of hydrogen-bond donors (Lipinski definition) is 2. The Bertz CT molecular complexity index is 864. The highest BCUT2D eigenvalue weighted by atomic mass is 16.5. The van der Waals surface area contributed by atoms with Crippen molar-refractivity contribution in [1.29, 1.82) is 0 Å². The smallest absolute Gasteiger partial charge is 0.328 e. The fourth-order valence-corrected chi connectivity index (χ4v) is 3.31. The molecule has 148 valence electrons. The number of hydrogen-bond acceptors (Lipinski definition) is 6. The Kier molecular flexibility index (Phi) is 5.53. The summed E-state index contributed by atoms with van der Waals surface area (Å²) < 4.78 is 10.6. The van der Waals surface area contributed by atoms with Crippen molar-refractivity contribution in [2.45, 2.75) is 44.2 Å². The number of rotatable bonds is 7. The zero-order valence-corrected chi connectivity index (χ0v) is 16.1. The maximum atomic E-state index is 12.5. The number of carbonyl (C=O) groups is 2. The van der Waals surface area contributed by atoms with E-state index in [2.05, 4.69) is 10.3 Å². The number of carbonyl (C=O) groups excluding carboxylic acids is 2. The van der Waals surface area contributed by atoms with Gasteiger partial charge in [-0.3, -0.25) is 4.79 Å². The van der Waals surface area contributed by atoms with Crippen LogP contribution in [0.5, 0.6) is 11.5 Å². The Labute approximate surface area is 163 Å². The molecule has 0 aliphatic heterocycles. The topological polar surface area (TPSA) is 97.8 Å². The largest absolute Gasteiger partial charge is 0.503 e. The van der Waals surface area contributed by atoms with E-state index >= 15 is 0 Å². The predicted molar refractivity (Wildman–Crippen MR) is 102 cm³/mol. The molecule has 2 N–H and O–H groups in total. The second kappa shape index (κ2) is 7.88. The number of nitrogens with zero attached hydrogens (tertiary/aromatic N) is 1. The summed E-state index contributed by atoms with van der Waals surface area (Å²) in [6.07, 6.45) is 2.93. The van der Waals surface area contributed by atoms with Gasteiger partial charge in [0.1, 0.15) is 12.1 Å². The van der Waals surface area contributed by atoms with Crippen LogP contribution >= 0.6 is 0 Å². The number of ether oxygens (including phenoxy) is 2. The highest BCUT2D eigenvalue weighted by Gasteiger charge is 2.51. The third-order valence-corrected chi connectivity index (χ3v) is 5.23. The number of esters is 1. The van der Waals surface area contributed by atoms with Gasteiger partial charge in [0.25, 0.3) is 5.91 Å². The van der Waals surface area contributed by atoms with Gasteiger partial charge in [-0.1, -0.05) is 30.3 Å². The maximum absolute atomic E-state index is 12.5. The van der Waals surface area contributed by atoms with Crippen molar-refractivity contribution in [3.63, 3.8) is 0 Å². The van der Waals surface area contributed by atoms with Crippen molar-refractivity contribution >= 4 is 11.9 Å². The average molecular weight is 384 g/mol. The van der Waals surface area contributed by atoms with Gasteiger partial charge in [0.15, 0.2) is 17.2 Å². The standard InChI is InChI=1S/C21H24N2O5/c1-13(23-19(25)17-18(24)16(27-3)9-12-22-17)20(26)28-14(2)21(10-11-21)15-7-5-4-6-8-15/h4-9,12-14,24H,10-11H2,1-3H3,(H,23,25). The zero-order chi connectivity index (χ0) is 20.3. The van der Waals surface area contributed by atoms with Gasteiger partial charge in [-0.2, -0.15) is 0 Å². The Morgan fingerprint density at radius 3 is 2.46 bits per heavy atom. The Morgan fingerprint density at radius 1 is 1.18 bits per heavy atom. The second-order valence-corrected chi connectivity index (χ2v) is 7.01. The third kappa shape index (κ3) is 3.78. The molecule has 1 aliphatic rings. The van der Waals surface area contributed by atoms with E-state index in [0.717, 1.165) is 18.4 Å². The minimum absolute atomic E-state index is 0.127. The number of amides is 1. The van der Waals surface area contributed by atoms with Crippen LogP contribution in [0.3, 0.4) is 0 Å². The SMILES string of the molecule is COc1ccnc(C(=O)NC(C)C(=O)OC(C)C2(c3ccccc3)CC2)c1O. The monoisotopic (exact) mass is 384 g/mol. The van der Waals surface area contributed by atoms with Gasteiger partial charge < -0.3 is 19.9 Å². The third-order valence-electron chi connectivity index (χ3n) is 5.23. The zero-order valence-electron chi connectivity index (χ0n) is 16.1. The number of aromatic hydroxyl groups is 1. The van der Waals surface area contributed by atoms with Crippen molar-refractivity contribution in [2.75, 3.05) is 7.11 Å². The molecule has 1 aliphatic carbocycles. The lowest BCUT2D eigenvalue weighted by atomic mass is 9.91. The van der Waals surface area contributed by atoms with Crippen LogP contribution in [0.4, 0.5) is 0 Å². The molecule has 0 spiro atoms. The van der Waals surface area contributed by atoms with Crippen LogP contribution in [0.15, 0.2) is 42.6 Å². The Morgan fingerprint density at radius 2 is 1.86 bits per heavy atom. The molecule has 0 radical (unpaired) electrons. The Hall–Kier alpha value is -3.09. The van der Waals surface area contributed by atoms with Gasteiger partial charge in [0.05, 0.1) is 7.11 Å². The summed E-state index contributed by atoms with van der Waals surface area (Å²) in [6.45, 7) is 3.41. The Balaban J connectivity index is 1.63. The van der Waals surface area contributed by atoms with E-state index in [1.54, 1.807) is 0 Å². The van der Waals surface area contributed by atoms with E-state index in [-0.39, 0.29) is 28.7 Å². The van der Waals surface area contributed by atoms with Crippen molar-refractivity contribution in [3.8, 4) is 11.5 Å². The normalized spacial score (nSPS) is 16.5.